The molecule has 0 saturated heterocycles. The summed E-state index contributed by atoms with van der Waals surface area (Å²) < 4.78 is 22.7. The van der Waals surface area contributed by atoms with Crippen molar-refractivity contribution < 1.29 is 23.7 Å². The fraction of sp³-hybridized carbons (Fsp3) is 0.250. The lowest BCUT2D eigenvalue weighted by Crippen LogP contribution is -2.29. The van der Waals surface area contributed by atoms with Gasteiger partial charge in [0.2, 0.25) is 0 Å². The van der Waals surface area contributed by atoms with E-state index >= 15 is 0 Å². The van der Waals surface area contributed by atoms with E-state index in [1.165, 1.54) is 0 Å². The maximum Gasteiger partial charge on any atom is 0.266 e. The topological polar surface area (TPSA) is 57.2 Å². The van der Waals surface area contributed by atoms with Crippen molar-refractivity contribution in [1.82, 2.24) is 0 Å². The Morgan fingerprint density at radius 3 is 2.18 bits per heavy atom. The zero-order chi connectivity index (χ0) is 24.5. The molecule has 4 rings (SSSR count). The normalized spacial score (nSPS) is 13.5. The fourth-order valence-corrected chi connectivity index (χ4v) is 3.98. The summed E-state index contributed by atoms with van der Waals surface area (Å²) in [6.45, 7) is 5.97. The van der Waals surface area contributed by atoms with Crippen LogP contribution in [0.5, 0.6) is 23.0 Å². The minimum atomic E-state index is -0.433. The van der Waals surface area contributed by atoms with Crippen molar-refractivity contribution in [3.8, 4) is 23.0 Å². The summed E-state index contributed by atoms with van der Waals surface area (Å²) in [5, 5.41) is 0. The maximum atomic E-state index is 14.1. The number of carbonyl (C=O) groups excluding carboxylic acids is 1. The molecule has 0 atom stereocenters. The Morgan fingerprint density at radius 1 is 0.853 bits per heavy atom. The molecule has 0 spiro atoms. The van der Waals surface area contributed by atoms with Gasteiger partial charge in [0, 0.05) is 11.8 Å². The minimum Gasteiger partial charge on any atom is -0.495 e. The van der Waals surface area contributed by atoms with E-state index in [1.54, 1.807) is 44.4 Å². The first-order chi connectivity index (χ1) is 16.3. The third kappa shape index (κ3) is 4.31. The number of methoxy groups -OCH3 is 3. The first-order valence-electron chi connectivity index (χ1n) is 11.0. The highest BCUT2D eigenvalue weighted by Gasteiger charge is 2.29. The summed E-state index contributed by atoms with van der Waals surface area (Å²) in [6.07, 6.45) is 3.90. The quantitative estimate of drug-likeness (QED) is 0.440. The van der Waals surface area contributed by atoms with Crippen molar-refractivity contribution in [2.45, 2.75) is 26.4 Å². The van der Waals surface area contributed by atoms with Gasteiger partial charge < -0.3 is 18.9 Å². The van der Waals surface area contributed by atoms with E-state index in [1.807, 2.05) is 69.3 Å². The minimum absolute atomic E-state index is 0.242. The highest BCUT2D eigenvalue weighted by Crippen LogP contribution is 2.41. The molecule has 0 fully saturated rings. The zero-order valence-corrected chi connectivity index (χ0v) is 20.3. The van der Waals surface area contributed by atoms with Gasteiger partial charge in [-0.15, -0.1) is 0 Å². The molecule has 1 aliphatic heterocycles. The Hall–Kier alpha value is -3.93. The summed E-state index contributed by atoms with van der Waals surface area (Å²) in [5.74, 6) is 2.01. The number of ether oxygens (including phenoxy) is 4. The molecule has 1 heterocycles. The zero-order valence-electron chi connectivity index (χ0n) is 20.3. The van der Waals surface area contributed by atoms with E-state index in [4.69, 9.17) is 18.9 Å². The molecule has 34 heavy (non-hydrogen) atoms. The van der Waals surface area contributed by atoms with Gasteiger partial charge in [0.05, 0.1) is 38.1 Å². The standard InChI is InChI=1S/C28H29NO5/c1-18-7-9-19(10-8-18)29(20-11-13-24(31-4)25(17-20)32-5)27(30)22-12-14-23-21(26(22)33-6)15-16-28(2,3)34-23/h7-17H,1-6H3. The molecule has 0 N–H and O–H groups in total. The largest absolute Gasteiger partial charge is 0.495 e. The fourth-order valence-electron chi connectivity index (χ4n) is 3.98. The Kier molecular flexibility index (Phi) is 6.24. The molecule has 0 unspecified atom stereocenters. The van der Waals surface area contributed by atoms with Gasteiger partial charge in [-0.05, 0) is 69.3 Å². The third-order valence-corrected chi connectivity index (χ3v) is 5.74. The smallest absolute Gasteiger partial charge is 0.266 e. The summed E-state index contributed by atoms with van der Waals surface area (Å²) in [4.78, 5) is 15.7. The average molecular weight is 460 g/mol. The molecule has 176 valence electrons. The number of carbonyl (C=O) groups is 1. The van der Waals surface area contributed by atoms with Crippen molar-refractivity contribution in [3.05, 3.63) is 77.4 Å². The van der Waals surface area contributed by atoms with Gasteiger partial charge >= 0.3 is 0 Å². The lowest BCUT2D eigenvalue weighted by Gasteiger charge is -2.30. The van der Waals surface area contributed by atoms with Crippen LogP contribution in [0.15, 0.2) is 60.7 Å². The van der Waals surface area contributed by atoms with E-state index < -0.39 is 5.60 Å². The Labute approximate surface area is 200 Å². The van der Waals surface area contributed by atoms with E-state index in [0.29, 0.717) is 34.2 Å². The van der Waals surface area contributed by atoms with Crippen LogP contribution >= 0.6 is 0 Å². The van der Waals surface area contributed by atoms with Gasteiger partial charge in [0.15, 0.2) is 11.5 Å². The van der Waals surface area contributed by atoms with Crippen LogP contribution in [0.4, 0.5) is 11.4 Å². The number of anilines is 2. The van der Waals surface area contributed by atoms with Crippen LogP contribution in [0.1, 0.15) is 35.3 Å². The van der Waals surface area contributed by atoms with Crippen LogP contribution in [0.25, 0.3) is 6.08 Å². The van der Waals surface area contributed by atoms with Gasteiger partial charge in [-0.1, -0.05) is 17.7 Å². The van der Waals surface area contributed by atoms with Crippen LogP contribution in [0.2, 0.25) is 0 Å². The number of fused-ring (bicyclic) bond motifs is 1. The molecule has 6 heteroatoms. The molecule has 6 nitrogen and oxygen atoms in total. The van der Waals surface area contributed by atoms with E-state index in [2.05, 4.69) is 0 Å². The Balaban J connectivity index is 1.86. The van der Waals surface area contributed by atoms with Crippen molar-refractivity contribution in [1.29, 1.82) is 0 Å². The van der Waals surface area contributed by atoms with Crippen molar-refractivity contribution in [2.24, 2.45) is 0 Å². The summed E-state index contributed by atoms with van der Waals surface area (Å²) in [5.41, 5.74) is 3.18. The number of amides is 1. The second kappa shape index (κ2) is 9.14. The van der Waals surface area contributed by atoms with E-state index in [9.17, 15) is 4.79 Å². The number of benzene rings is 3. The van der Waals surface area contributed by atoms with Gasteiger partial charge in [0.25, 0.3) is 5.91 Å². The van der Waals surface area contributed by atoms with E-state index in [-0.39, 0.29) is 5.91 Å². The molecule has 0 aliphatic carbocycles. The molecular weight excluding hydrogens is 430 g/mol. The van der Waals surface area contributed by atoms with Crippen molar-refractivity contribution in [2.75, 3.05) is 26.2 Å². The number of hydrogen-bond donors (Lipinski definition) is 0. The van der Waals surface area contributed by atoms with Crippen molar-refractivity contribution >= 4 is 23.4 Å². The third-order valence-electron chi connectivity index (χ3n) is 5.74. The second-order valence-electron chi connectivity index (χ2n) is 8.61. The number of hydrogen-bond acceptors (Lipinski definition) is 5. The first-order valence-corrected chi connectivity index (χ1v) is 11.0. The molecule has 3 aromatic carbocycles. The van der Waals surface area contributed by atoms with Gasteiger partial charge in [-0.2, -0.15) is 0 Å². The van der Waals surface area contributed by atoms with Crippen LogP contribution in [0, 0.1) is 6.92 Å². The van der Waals surface area contributed by atoms with Gasteiger partial charge in [-0.25, -0.2) is 0 Å². The number of aryl methyl sites for hydroxylation is 1. The SMILES string of the molecule is COc1ccc(N(C(=O)c2ccc3c(c2OC)C=CC(C)(C)O3)c2ccc(C)cc2)cc1OC. The monoisotopic (exact) mass is 459 g/mol. The molecule has 1 amide bonds. The van der Waals surface area contributed by atoms with Crippen LogP contribution < -0.4 is 23.8 Å². The molecule has 3 aromatic rings. The molecule has 0 radical (unpaired) electrons. The molecule has 1 aliphatic rings. The summed E-state index contributed by atoms with van der Waals surface area (Å²) in [6, 6.07) is 16.7. The average Bonchev–Trinajstić information content (AvgIpc) is 2.83. The van der Waals surface area contributed by atoms with Crippen LogP contribution in [-0.4, -0.2) is 32.8 Å². The van der Waals surface area contributed by atoms with Crippen LogP contribution in [0.3, 0.4) is 0 Å². The Morgan fingerprint density at radius 2 is 1.53 bits per heavy atom. The highest BCUT2D eigenvalue weighted by molar-refractivity contribution is 6.13. The maximum absolute atomic E-state index is 14.1. The lowest BCUT2D eigenvalue weighted by atomic mass is 9.98. The van der Waals surface area contributed by atoms with Gasteiger partial charge in [-0.3, -0.25) is 9.69 Å². The molecule has 0 bridgehead atoms. The molecule has 0 aromatic heterocycles. The van der Waals surface area contributed by atoms with E-state index in [0.717, 1.165) is 16.8 Å². The van der Waals surface area contributed by atoms with Gasteiger partial charge in [0.1, 0.15) is 17.1 Å². The Bertz CT molecular complexity index is 1240. The second-order valence-corrected chi connectivity index (χ2v) is 8.61. The number of rotatable bonds is 6. The first kappa shape index (κ1) is 23.2. The lowest BCUT2D eigenvalue weighted by molar-refractivity contribution is 0.0996. The summed E-state index contributed by atoms with van der Waals surface area (Å²) >= 11 is 0. The molecule has 0 saturated carbocycles. The predicted molar refractivity (Wildman–Crippen MR) is 134 cm³/mol. The number of nitrogens with zero attached hydrogens (tertiary/aromatic N) is 1. The summed E-state index contributed by atoms with van der Waals surface area (Å²) in [7, 11) is 4.71. The highest BCUT2D eigenvalue weighted by atomic mass is 16.5. The molecular formula is C28H29NO5. The van der Waals surface area contributed by atoms with Crippen molar-refractivity contribution in [3.63, 3.8) is 0 Å². The predicted octanol–water partition coefficient (Wildman–Crippen LogP) is 6.18. The van der Waals surface area contributed by atoms with Crippen LogP contribution in [-0.2, 0) is 0 Å².